The van der Waals surface area contributed by atoms with E-state index in [4.69, 9.17) is 9.84 Å². The fraction of sp³-hybridized carbons (Fsp3) is 0.875. The summed E-state index contributed by atoms with van der Waals surface area (Å²) in [5, 5.41) is 12.1. The summed E-state index contributed by atoms with van der Waals surface area (Å²) in [4.78, 5) is 10.9. The van der Waals surface area contributed by atoms with Gasteiger partial charge >= 0.3 is 5.97 Å². The summed E-state index contributed by atoms with van der Waals surface area (Å²) in [6.45, 7) is 1.61. The molecule has 1 heterocycles. The number of hydrogen-bond acceptors (Lipinski definition) is 3. The summed E-state index contributed by atoms with van der Waals surface area (Å²) >= 11 is 0. The van der Waals surface area contributed by atoms with Crippen molar-refractivity contribution in [3.8, 4) is 0 Å². The number of hydrogen-bond donors (Lipinski definition) is 2. The van der Waals surface area contributed by atoms with Crippen LogP contribution in [0.4, 0.5) is 0 Å². The van der Waals surface area contributed by atoms with Crippen LogP contribution in [0.15, 0.2) is 0 Å². The predicted octanol–water partition coefficient (Wildman–Crippen LogP) is 0.230. The Balaban J connectivity index is 2.68. The normalized spacial score (nSPS) is 31.1. The van der Waals surface area contributed by atoms with Crippen LogP contribution in [-0.4, -0.2) is 36.9 Å². The number of methoxy groups -OCH3 is 1. The Kier molecular flexibility index (Phi) is 3.05. The Hall–Kier alpha value is -0.610. The second-order valence-electron chi connectivity index (χ2n) is 3.11. The molecule has 1 fully saturated rings. The van der Waals surface area contributed by atoms with Gasteiger partial charge in [0.1, 0.15) is 0 Å². The van der Waals surface area contributed by atoms with Crippen LogP contribution in [0.3, 0.4) is 0 Å². The molecule has 4 heteroatoms. The molecule has 1 aliphatic rings. The number of carbonyl (C=O) groups is 1. The monoisotopic (exact) mass is 173 g/mol. The zero-order valence-electron chi connectivity index (χ0n) is 7.30. The molecular weight excluding hydrogens is 158 g/mol. The van der Waals surface area contributed by atoms with Gasteiger partial charge in [-0.05, 0) is 32.4 Å². The van der Waals surface area contributed by atoms with E-state index in [0.29, 0.717) is 12.8 Å². The van der Waals surface area contributed by atoms with Crippen LogP contribution < -0.4 is 5.32 Å². The highest BCUT2D eigenvalue weighted by atomic mass is 16.5. The third-order valence-corrected chi connectivity index (χ3v) is 2.42. The summed E-state index contributed by atoms with van der Waals surface area (Å²) in [6.07, 6.45) is 2.02. The number of nitrogens with one attached hydrogen (secondary N) is 1. The zero-order chi connectivity index (χ0) is 9.03. The summed E-state index contributed by atoms with van der Waals surface area (Å²) in [7, 11) is 1.47. The Morgan fingerprint density at radius 3 is 2.83 bits per heavy atom. The van der Waals surface area contributed by atoms with E-state index in [0.717, 1.165) is 19.5 Å². The van der Waals surface area contributed by atoms with Gasteiger partial charge in [-0.2, -0.15) is 0 Å². The molecule has 1 aliphatic heterocycles. The fourth-order valence-corrected chi connectivity index (χ4v) is 1.54. The number of aliphatic carboxylic acids is 1. The van der Waals surface area contributed by atoms with E-state index >= 15 is 0 Å². The van der Waals surface area contributed by atoms with Crippen molar-refractivity contribution < 1.29 is 14.6 Å². The van der Waals surface area contributed by atoms with Crippen LogP contribution in [0.5, 0.6) is 0 Å². The molecule has 12 heavy (non-hydrogen) atoms. The highest BCUT2D eigenvalue weighted by Crippen LogP contribution is 2.23. The summed E-state index contributed by atoms with van der Waals surface area (Å²) < 4.78 is 5.08. The molecule has 4 nitrogen and oxygen atoms in total. The van der Waals surface area contributed by atoms with Crippen molar-refractivity contribution in [1.82, 2.24) is 5.32 Å². The topological polar surface area (TPSA) is 58.6 Å². The van der Waals surface area contributed by atoms with Crippen LogP contribution >= 0.6 is 0 Å². The zero-order valence-corrected chi connectivity index (χ0v) is 7.30. The van der Waals surface area contributed by atoms with E-state index < -0.39 is 11.6 Å². The fourth-order valence-electron chi connectivity index (χ4n) is 1.54. The van der Waals surface area contributed by atoms with Gasteiger partial charge < -0.3 is 15.2 Å². The van der Waals surface area contributed by atoms with E-state index in [2.05, 4.69) is 5.32 Å². The van der Waals surface area contributed by atoms with Crippen LogP contribution in [0.2, 0.25) is 0 Å². The highest BCUT2D eigenvalue weighted by Gasteiger charge is 2.38. The molecule has 0 bridgehead atoms. The van der Waals surface area contributed by atoms with Crippen molar-refractivity contribution >= 4 is 5.97 Å². The first-order valence-corrected chi connectivity index (χ1v) is 4.20. The van der Waals surface area contributed by atoms with Gasteiger partial charge in [0.2, 0.25) is 0 Å². The molecule has 0 amide bonds. The van der Waals surface area contributed by atoms with Gasteiger partial charge in [0.25, 0.3) is 0 Å². The molecule has 1 unspecified atom stereocenters. The summed E-state index contributed by atoms with van der Waals surface area (Å²) in [5.41, 5.74) is -0.941. The molecule has 0 aliphatic carbocycles. The molecule has 1 atom stereocenters. The lowest BCUT2D eigenvalue weighted by Gasteiger charge is -2.25. The highest BCUT2D eigenvalue weighted by molar-refractivity contribution is 5.77. The molecule has 2 N–H and O–H groups in total. The van der Waals surface area contributed by atoms with Gasteiger partial charge in [0, 0.05) is 7.11 Å². The Morgan fingerprint density at radius 1 is 1.50 bits per heavy atom. The van der Waals surface area contributed by atoms with Gasteiger partial charge in [-0.15, -0.1) is 0 Å². The Labute approximate surface area is 71.9 Å². The van der Waals surface area contributed by atoms with Crippen LogP contribution in [0.1, 0.15) is 19.3 Å². The minimum atomic E-state index is -0.941. The minimum Gasteiger partial charge on any atom is -0.479 e. The van der Waals surface area contributed by atoms with Gasteiger partial charge in [0.15, 0.2) is 5.60 Å². The second-order valence-corrected chi connectivity index (χ2v) is 3.11. The third kappa shape index (κ3) is 1.76. The smallest absolute Gasteiger partial charge is 0.336 e. The predicted molar refractivity (Wildman–Crippen MR) is 44.1 cm³/mol. The average Bonchev–Trinajstić information content (AvgIpc) is 2.29. The van der Waals surface area contributed by atoms with E-state index in [-0.39, 0.29) is 0 Å². The standard InChI is InChI=1S/C8H15NO3/c1-12-8(7(10)11)3-2-5-9-6-4-8/h9H,2-6H2,1H3,(H,10,11). The van der Waals surface area contributed by atoms with Crippen molar-refractivity contribution in [1.29, 1.82) is 0 Å². The number of ether oxygens (including phenoxy) is 1. The third-order valence-electron chi connectivity index (χ3n) is 2.42. The Bertz CT molecular complexity index is 162. The molecule has 70 valence electrons. The lowest BCUT2D eigenvalue weighted by molar-refractivity contribution is -0.163. The van der Waals surface area contributed by atoms with Crippen molar-refractivity contribution in [2.24, 2.45) is 0 Å². The lowest BCUT2D eigenvalue weighted by atomic mass is 9.95. The van der Waals surface area contributed by atoms with Gasteiger partial charge in [-0.3, -0.25) is 0 Å². The number of rotatable bonds is 2. The largest absolute Gasteiger partial charge is 0.479 e. The number of carboxylic acids is 1. The van der Waals surface area contributed by atoms with E-state index in [1.54, 1.807) is 0 Å². The van der Waals surface area contributed by atoms with Gasteiger partial charge in [-0.1, -0.05) is 0 Å². The Morgan fingerprint density at radius 2 is 2.25 bits per heavy atom. The lowest BCUT2D eigenvalue weighted by Crippen LogP contribution is -2.41. The van der Waals surface area contributed by atoms with Crippen molar-refractivity contribution in [3.05, 3.63) is 0 Å². The van der Waals surface area contributed by atoms with Gasteiger partial charge in [0.05, 0.1) is 0 Å². The molecular formula is C8H15NO3. The minimum absolute atomic E-state index is 0.554. The van der Waals surface area contributed by atoms with E-state index in [9.17, 15) is 4.79 Å². The second kappa shape index (κ2) is 3.87. The molecule has 0 aromatic carbocycles. The maximum absolute atomic E-state index is 10.9. The van der Waals surface area contributed by atoms with Crippen LogP contribution in [0.25, 0.3) is 0 Å². The first-order valence-electron chi connectivity index (χ1n) is 4.20. The maximum Gasteiger partial charge on any atom is 0.336 e. The van der Waals surface area contributed by atoms with Crippen LogP contribution in [-0.2, 0) is 9.53 Å². The van der Waals surface area contributed by atoms with Gasteiger partial charge in [-0.25, -0.2) is 4.79 Å². The summed E-state index contributed by atoms with van der Waals surface area (Å²) in [6, 6.07) is 0. The SMILES string of the molecule is COC1(C(=O)O)CCCNCC1. The molecule has 0 saturated carbocycles. The quantitative estimate of drug-likeness (QED) is 0.627. The molecule has 0 radical (unpaired) electrons. The van der Waals surface area contributed by atoms with Crippen LogP contribution in [0, 0.1) is 0 Å². The first-order chi connectivity index (χ1) is 5.71. The van der Waals surface area contributed by atoms with Crippen molar-refractivity contribution in [2.45, 2.75) is 24.9 Å². The van der Waals surface area contributed by atoms with Crippen molar-refractivity contribution in [3.63, 3.8) is 0 Å². The summed E-state index contributed by atoms with van der Waals surface area (Å²) in [5.74, 6) is -0.839. The van der Waals surface area contributed by atoms with E-state index in [1.807, 2.05) is 0 Å². The first kappa shape index (κ1) is 9.48. The maximum atomic E-state index is 10.9. The molecule has 0 aromatic rings. The molecule has 0 spiro atoms. The van der Waals surface area contributed by atoms with E-state index in [1.165, 1.54) is 7.11 Å². The molecule has 0 aromatic heterocycles. The average molecular weight is 173 g/mol. The van der Waals surface area contributed by atoms with Crippen molar-refractivity contribution in [2.75, 3.05) is 20.2 Å². The molecule has 1 saturated heterocycles. The number of carboxylic acid groups (broad SMARTS) is 1. The molecule has 1 rings (SSSR count).